The first-order valence-electron chi connectivity index (χ1n) is 6.19. The molecular weight excluding hydrogens is 296 g/mol. The van der Waals surface area contributed by atoms with Crippen LogP contribution in [0.1, 0.15) is 4.88 Å². The van der Waals surface area contributed by atoms with Crippen LogP contribution in [0.25, 0.3) is 0 Å². The molecule has 0 aliphatic carbocycles. The summed E-state index contributed by atoms with van der Waals surface area (Å²) in [5.41, 5.74) is 0. The van der Waals surface area contributed by atoms with Crippen LogP contribution in [0.3, 0.4) is 0 Å². The fourth-order valence-electron chi connectivity index (χ4n) is 1.96. The van der Waals surface area contributed by atoms with Gasteiger partial charge in [-0.15, -0.1) is 11.3 Å². The van der Waals surface area contributed by atoms with E-state index >= 15 is 0 Å². The van der Waals surface area contributed by atoms with Gasteiger partial charge in [0.2, 0.25) is 0 Å². The molecule has 1 aliphatic heterocycles. The Morgan fingerprint density at radius 3 is 2.75 bits per heavy atom. The van der Waals surface area contributed by atoms with Crippen molar-refractivity contribution in [1.29, 1.82) is 0 Å². The van der Waals surface area contributed by atoms with Crippen molar-refractivity contribution in [2.24, 2.45) is 0 Å². The second-order valence-electron chi connectivity index (χ2n) is 4.62. The first kappa shape index (κ1) is 13.5. The number of pyridine rings is 1. The van der Waals surface area contributed by atoms with E-state index in [0.29, 0.717) is 23.0 Å². The number of ether oxygens (including phenoxy) is 1. The van der Waals surface area contributed by atoms with Crippen molar-refractivity contribution in [3.05, 3.63) is 41.5 Å². The van der Waals surface area contributed by atoms with Crippen molar-refractivity contribution in [2.45, 2.75) is 17.2 Å². The topological polar surface area (TPSA) is 59.5 Å². The molecule has 1 fully saturated rings. The normalized spacial score (nSPS) is 16.9. The zero-order valence-corrected chi connectivity index (χ0v) is 12.5. The van der Waals surface area contributed by atoms with E-state index in [9.17, 15) is 8.42 Å². The molecule has 20 heavy (non-hydrogen) atoms. The van der Waals surface area contributed by atoms with Crippen molar-refractivity contribution >= 4 is 21.4 Å². The summed E-state index contributed by atoms with van der Waals surface area (Å²) in [4.78, 5) is 4.95. The summed E-state index contributed by atoms with van der Waals surface area (Å²) in [5.74, 6) is 0.668. The average molecular weight is 310 g/mol. The van der Waals surface area contributed by atoms with Crippen LogP contribution in [0, 0.1) is 6.92 Å². The van der Waals surface area contributed by atoms with Gasteiger partial charge in [-0.25, -0.2) is 8.42 Å². The van der Waals surface area contributed by atoms with Gasteiger partial charge in [0, 0.05) is 11.1 Å². The number of rotatable bonds is 4. The van der Waals surface area contributed by atoms with Gasteiger partial charge in [0.25, 0.3) is 10.0 Å². The molecule has 0 N–H and O–H groups in total. The minimum atomic E-state index is -3.35. The van der Waals surface area contributed by atoms with Gasteiger partial charge in [-0.1, -0.05) is 0 Å². The average Bonchev–Trinajstić information content (AvgIpc) is 2.82. The summed E-state index contributed by atoms with van der Waals surface area (Å²) >= 11 is 1.30. The smallest absolute Gasteiger partial charge is 0.252 e. The number of nitrogens with zero attached hydrogens (tertiary/aromatic N) is 2. The lowest BCUT2D eigenvalue weighted by molar-refractivity contribution is 0.0760. The molecule has 0 bridgehead atoms. The zero-order valence-electron chi connectivity index (χ0n) is 10.9. The minimum absolute atomic E-state index is 0.102. The van der Waals surface area contributed by atoms with Crippen molar-refractivity contribution in [1.82, 2.24) is 9.29 Å². The maximum atomic E-state index is 12.3. The van der Waals surface area contributed by atoms with Crippen LogP contribution in [0.4, 0.5) is 0 Å². The van der Waals surface area contributed by atoms with Gasteiger partial charge in [0.1, 0.15) is 16.1 Å². The molecule has 106 valence electrons. The van der Waals surface area contributed by atoms with Crippen LogP contribution in [0.15, 0.2) is 40.9 Å². The minimum Gasteiger partial charge on any atom is -0.486 e. The van der Waals surface area contributed by atoms with Crippen LogP contribution in [0.2, 0.25) is 0 Å². The Bertz CT molecular complexity index is 691. The molecule has 0 amide bonds. The summed E-state index contributed by atoms with van der Waals surface area (Å²) in [6.07, 6.45) is 3.19. The highest BCUT2D eigenvalue weighted by Gasteiger charge is 2.38. The lowest BCUT2D eigenvalue weighted by Gasteiger charge is -2.37. The van der Waals surface area contributed by atoms with Gasteiger partial charge < -0.3 is 4.74 Å². The Balaban J connectivity index is 1.63. The summed E-state index contributed by atoms with van der Waals surface area (Å²) in [6, 6.07) is 7.08. The Kier molecular flexibility index (Phi) is 3.49. The summed E-state index contributed by atoms with van der Waals surface area (Å²) in [7, 11) is -3.35. The molecule has 5 nitrogen and oxygen atoms in total. The highest BCUT2D eigenvalue weighted by atomic mass is 32.2. The number of hydrogen-bond donors (Lipinski definition) is 0. The zero-order chi connectivity index (χ0) is 14.2. The molecule has 0 aromatic carbocycles. The van der Waals surface area contributed by atoms with Crippen LogP contribution < -0.4 is 4.74 Å². The van der Waals surface area contributed by atoms with Crippen LogP contribution >= 0.6 is 11.3 Å². The van der Waals surface area contributed by atoms with E-state index in [-0.39, 0.29) is 6.10 Å². The largest absolute Gasteiger partial charge is 0.486 e. The first-order valence-corrected chi connectivity index (χ1v) is 8.44. The second kappa shape index (κ2) is 5.16. The monoisotopic (exact) mass is 310 g/mol. The molecule has 0 unspecified atom stereocenters. The molecule has 3 heterocycles. The van der Waals surface area contributed by atoms with E-state index in [1.807, 2.05) is 19.1 Å². The Hall–Kier alpha value is -1.44. The molecule has 1 aliphatic rings. The second-order valence-corrected chi connectivity index (χ2v) is 8.07. The summed E-state index contributed by atoms with van der Waals surface area (Å²) in [6.45, 7) is 2.66. The van der Waals surface area contributed by atoms with Gasteiger partial charge in [-0.05, 0) is 31.2 Å². The van der Waals surface area contributed by atoms with Crippen molar-refractivity contribution < 1.29 is 13.2 Å². The van der Waals surface area contributed by atoms with Gasteiger partial charge in [-0.3, -0.25) is 4.98 Å². The molecule has 0 radical (unpaired) electrons. The predicted octanol–water partition coefficient (Wildman–Crippen LogP) is 1.90. The van der Waals surface area contributed by atoms with Gasteiger partial charge in [0.05, 0.1) is 19.3 Å². The Morgan fingerprint density at radius 1 is 1.35 bits per heavy atom. The highest BCUT2D eigenvalue weighted by molar-refractivity contribution is 7.91. The van der Waals surface area contributed by atoms with Crippen LogP contribution in [0.5, 0.6) is 5.75 Å². The molecule has 0 atom stereocenters. The number of sulfonamides is 1. The molecule has 2 aromatic heterocycles. The van der Waals surface area contributed by atoms with Crippen LogP contribution in [-0.4, -0.2) is 36.9 Å². The van der Waals surface area contributed by atoms with Crippen LogP contribution in [-0.2, 0) is 10.0 Å². The SMILES string of the molecule is Cc1ccc(S(=O)(=O)N2CC(Oc3cccnc3)C2)s1. The third-order valence-electron chi connectivity index (χ3n) is 3.06. The van der Waals surface area contributed by atoms with E-state index in [2.05, 4.69) is 4.98 Å². The quantitative estimate of drug-likeness (QED) is 0.865. The lowest BCUT2D eigenvalue weighted by Crippen LogP contribution is -2.55. The summed E-state index contributed by atoms with van der Waals surface area (Å²) in [5, 5.41) is 0. The van der Waals surface area contributed by atoms with E-state index in [0.717, 1.165) is 4.88 Å². The standard InChI is InChI=1S/C13H14N2O3S2/c1-10-4-5-13(19-10)20(16,17)15-8-12(9-15)18-11-3-2-6-14-7-11/h2-7,12H,8-9H2,1H3. The number of thiophene rings is 1. The van der Waals surface area contributed by atoms with E-state index in [1.165, 1.54) is 15.6 Å². The van der Waals surface area contributed by atoms with Gasteiger partial charge in [0.15, 0.2) is 0 Å². The number of hydrogen-bond acceptors (Lipinski definition) is 5. The van der Waals surface area contributed by atoms with Crippen molar-refractivity contribution in [3.63, 3.8) is 0 Å². The van der Waals surface area contributed by atoms with Gasteiger partial charge in [-0.2, -0.15) is 4.31 Å². The molecule has 0 saturated carbocycles. The molecule has 0 spiro atoms. The fourth-order valence-corrected chi connectivity index (χ4v) is 4.90. The first-order chi connectivity index (χ1) is 9.55. The molecular formula is C13H14N2O3S2. The summed E-state index contributed by atoms with van der Waals surface area (Å²) < 4.78 is 32.1. The van der Waals surface area contributed by atoms with E-state index < -0.39 is 10.0 Å². The Morgan fingerprint density at radius 2 is 2.15 bits per heavy atom. The third-order valence-corrected chi connectivity index (χ3v) is 6.36. The maximum Gasteiger partial charge on any atom is 0.252 e. The molecule has 3 rings (SSSR count). The number of aryl methyl sites for hydroxylation is 1. The van der Waals surface area contributed by atoms with Gasteiger partial charge >= 0.3 is 0 Å². The molecule has 2 aromatic rings. The third kappa shape index (κ3) is 2.56. The number of aromatic nitrogens is 1. The van der Waals surface area contributed by atoms with E-state index in [4.69, 9.17) is 4.74 Å². The maximum absolute atomic E-state index is 12.3. The Labute approximate surface area is 121 Å². The molecule has 1 saturated heterocycles. The lowest BCUT2D eigenvalue weighted by atomic mass is 10.2. The van der Waals surface area contributed by atoms with E-state index in [1.54, 1.807) is 24.5 Å². The van der Waals surface area contributed by atoms with Crippen molar-refractivity contribution in [2.75, 3.05) is 13.1 Å². The highest BCUT2D eigenvalue weighted by Crippen LogP contribution is 2.28. The fraction of sp³-hybridized carbons (Fsp3) is 0.308. The van der Waals surface area contributed by atoms with Crippen molar-refractivity contribution in [3.8, 4) is 5.75 Å². The predicted molar refractivity (Wildman–Crippen MR) is 76.5 cm³/mol. The molecule has 7 heteroatoms.